The molecular formula is C17H23FN4O3S. The van der Waals surface area contributed by atoms with Crippen LogP contribution in [-0.4, -0.2) is 56.7 Å². The van der Waals surface area contributed by atoms with Gasteiger partial charge >= 0.3 is 6.09 Å². The molecule has 142 valence electrons. The molecule has 9 heteroatoms. The molecule has 2 aliphatic rings. The number of nitrogens with zero attached hydrogens (tertiary/aromatic N) is 2. The number of methoxy groups -OCH3 is 1. The first-order valence-electron chi connectivity index (χ1n) is 8.56. The second-order valence-electron chi connectivity index (χ2n) is 6.42. The van der Waals surface area contributed by atoms with Crippen molar-refractivity contribution >= 4 is 34.8 Å². The van der Waals surface area contributed by atoms with E-state index in [1.165, 1.54) is 11.0 Å². The summed E-state index contributed by atoms with van der Waals surface area (Å²) >= 11 is 4.74. The zero-order valence-electron chi connectivity index (χ0n) is 14.6. The number of piperidine rings is 1. The lowest BCUT2D eigenvalue weighted by Gasteiger charge is -2.33. The first-order valence-corrected chi connectivity index (χ1v) is 8.97. The number of ether oxygens (including phenoxy) is 2. The van der Waals surface area contributed by atoms with Crippen molar-refractivity contribution in [3.05, 3.63) is 24.0 Å². The van der Waals surface area contributed by atoms with Crippen LogP contribution in [0.1, 0.15) is 12.8 Å². The lowest BCUT2D eigenvalue weighted by atomic mass is 10.1. The molecule has 0 saturated carbocycles. The maximum atomic E-state index is 14.6. The number of nitrogens with one attached hydrogen (secondary N) is 1. The van der Waals surface area contributed by atoms with Crippen LogP contribution in [0.15, 0.2) is 18.2 Å². The van der Waals surface area contributed by atoms with Gasteiger partial charge in [0.1, 0.15) is 11.9 Å². The van der Waals surface area contributed by atoms with Crippen LogP contribution in [0.4, 0.5) is 20.6 Å². The lowest BCUT2D eigenvalue weighted by molar-refractivity contribution is 0.0818. The molecule has 2 saturated heterocycles. The molecule has 0 radical (unpaired) electrons. The molecule has 1 unspecified atom stereocenters. The van der Waals surface area contributed by atoms with Crippen molar-refractivity contribution in [3.8, 4) is 0 Å². The summed E-state index contributed by atoms with van der Waals surface area (Å²) in [5, 5.41) is 2.91. The minimum Gasteiger partial charge on any atom is -0.442 e. The fraction of sp³-hybridized carbons (Fsp3) is 0.529. The maximum absolute atomic E-state index is 14.6. The van der Waals surface area contributed by atoms with Crippen molar-refractivity contribution in [3.63, 3.8) is 0 Å². The predicted molar refractivity (Wildman–Crippen MR) is 101 cm³/mol. The highest BCUT2D eigenvalue weighted by Gasteiger charge is 2.33. The number of hydrogen-bond acceptors (Lipinski definition) is 5. The topological polar surface area (TPSA) is 80.1 Å². The number of amides is 1. The smallest absolute Gasteiger partial charge is 0.414 e. The SMILES string of the molecule is COC1CCN(c2ccc(N3CC(CNC(N)=S)OC3=O)cc2F)CC1. The largest absolute Gasteiger partial charge is 0.442 e. The Bertz CT molecular complexity index is 682. The number of carbonyl (C=O) groups excluding carboxylic acids is 1. The summed E-state index contributed by atoms with van der Waals surface area (Å²) in [4.78, 5) is 15.5. The summed E-state index contributed by atoms with van der Waals surface area (Å²) in [6.07, 6.45) is 1.08. The molecule has 0 aliphatic carbocycles. The van der Waals surface area contributed by atoms with E-state index in [0.717, 1.165) is 25.9 Å². The molecular weight excluding hydrogens is 359 g/mol. The highest BCUT2D eigenvalue weighted by Crippen LogP contribution is 2.29. The van der Waals surface area contributed by atoms with E-state index >= 15 is 0 Å². The van der Waals surface area contributed by atoms with Crippen LogP contribution < -0.4 is 20.9 Å². The van der Waals surface area contributed by atoms with Gasteiger partial charge in [0.2, 0.25) is 0 Å². The van der Waals surface area contributed by atoms with E-state index in [4.69, 9.17) is 27.4 Å². The van der Waals surface area contributed by atoms with Crippen molar-refractivity contribution < 1.29 is 18.7 Å². The van der Waals surface area contributed by atoms with Gasteiger partial charge in [-0.1, -0.05) is 0 Å². The molecule has 1 amide bonds. The molecule has 2 aliphatic heterocycles. The van der Waals surface area contributed by atoms with E-state index in [9.17, 15) is 9.18 Å². The number of thiocarbonyl (C=S) groups is 1. The van der Waals surface area contributed by atoms with Gasteiger partial charge < -0.3 is 25.4 Å². The van der Waals surface area contributed by atoms with Crippen molar-refractivity contribution in [2.75, 3.05) is 43.1 Å². The Kier molecular flexibility index (Phi) is 5.77. The zero-order chi connectivity index (χ0) is 18.7. The third-order valence-corrected chi connectivity index (χ3v) is 4.88. The molecule has 0 spiro atoms. The average Bonchev–Trinajstić information content (AvgIpc) is 3.01. The predicted octanol–water partition coefficient (Wildman–Crippen LogP) is 1.60. The summed E-state index contributed by atoms with van der Waals surface area (Å²) < 4.78 is 25.2. The molecule has 3 rings (SSSR count). The van der Waals surface area contributed by atoms with E-state index in [-0.39, 0.29) is 23.1 Å². The fourth-order valence-electron chi connectivity index (χ4n) is 3.31. The molecule has 3 N–H and O–H groups in total. The van der Waals surface area contributed by atoms with Gasteiger partial charge in [-0.15, -0.1) is 0 Å². The van der Waals surface area contributed by atoms with E-state index in [2.05, 4.69) is 5.32 Å². The molecule has 26 heavy (non-hydrogen) atoms. The molecule has 2 heterocycles. The Morgan fingerprint density at radius 3 is 2.81 bits per heavy atom. The fourth-order valence-corrected chi connectivity index (χ4v) is 3.39. The second kappa shape index (κ2) is 8.05. The monoisotopic (exact) mass is 382 g/mol. The molecule has 2 fully saturated rings. The van der Waals surface area contributed by atoms with Gasteiger partial charge in [-0.05, 0) is 43.3 Å². The van der Waals surface area contributed by atoms with Crippen LogP contribution in [0.25, 0.3) is 0 Å². The van der Waals surface area contributed by atoms with Gasteiger partial charge in [0.05, 0.1) is 30.6 Å². The van der Waals surface area contributed by atoms with Gasteiger partial charge in [0.15, 0.2) is 5.11 Å². The van der Waals surface area contributed by atoms with E-state index in [0.29, 0.717) is 24.5 Å². The number of halogens is 1. The normalized spacial score (nSPS) is 21.0. The van der Waals surface area contributed by atoms with E-state index < -0.39 is 6.09 Å². The summed E-state index contributed by atoms with van der Waals surface area (Å²) in [7, 11) is 1.70. The van der Waals surface area contributed by atoms with Gasteiger partial charge in [-0.25, -0.2) is 9.18 Å². The van der Waals surface area contributed by atoms with Crippen molar-refractivity contribution in [1.29, 1.82) is 0 Å². The van der Waals surface area contributed by atoms with Crippen molar-refractivity contribution in [1.82, 2.24) is 5.32 Å². The minimum absolute atomic E-state index is 0.145. The number of rotatable bonds is 5. The van der Waals surface area contributed by atoms with Crippen LogP contribution in [0.3, 0.4) is 0 Å². The number of anilines is 2. The standard InChI is InChI=1S/C17H23FN4O3S/c1-24-12-4-6-21(7-5-12)15-3-2-11(8-14(15)18)22-10-13(25-17(22)23)9-20-16(19)26/h2-3,8,12-13H,4-7,9-10H2,1H3,(H3,19,20,26). The number of hydrogen-bond donors (Lipinski definition) is 2. The lowest BCUT2D eigenvalue weighted by Crippen LogP contribution is -2.37. The third-order valence-electron chi connectivity index (χ3n) is 4.74. The molecule has 1 aromatic rings. The Hall–Kier alpha value is -2.13. The summed E-state index contributed by atoms with van der Waals surface area (Å²) in [5.74, 6) is -0.351. The van der Waals surface area contributed by atoms with Crippen molar-refractivity contribution in [2.45, 2.75) is 25.0 Å². The molecule has 0 aromatic heterocycles. The number of nitrogens with two attached hydrogens (primary N) is 1. The van der Waals surface area contributed by atoms with Crippen LogP contribution >= 0.6 is 12.2 Å². The summed E-state index contributed by atoms with van der Waals surface area (Å²) in [5.41, 5.74) is 6.40. The van der Waals surface area contributed by atoms with Gasteiger partial charge in [0.25, 0.3) is 0 Å². The van der Waals surface area contributed by atoms with Crippen molar-refractivity contribution in [2.24, 2.45) is 5.73 Å². The van der Waals surface area contributed by atoms with Crippen LogP contribution in [-0.2, 0) is 9.47 Å². The summed E-state index contributed by atoms with van der Waals surface area (Å²) in [6, 6.07) is 4.83. The maximum Gasteiger partial charge on any atom is 0.414 e. The highest BCUT2D eigenvalue weighted by atomic mass is 32.1. The molecule has 7 nitrogen and oxygen atoms in total. The minimum atomic E-state index is -0.507. The van der Waals surface area contributed by atoms with Crippen LogP contribution in [0.5, 0.6) is 0 Å². The first kappa shape index (κ1) is 18.7. The quantitative estimate of drug-likeness (QED) is 0.749. The summed E-state index contributed by atoms with van der Waals surface area (Å²) in [6.45, 7) is 2.12. The Labute approximate surface area is 157 Å². The van der Waals surface area contributed by atoms with Gasteiger partial charge in [-0.3, -0.25) is 4.90 Å². The Balaban J connectivity index is 1.66. The first-order chi connectivity index (χ1) is 12.5. The zero-order valence-corrected chi connectivity index (χ0v) is 15.4. The molecule has 0 bridgehead atoms. The number of carbonyl (C=O) groups is 1. The second-order valence-corrected chi connectivity index (χ2v) is 6.86. The Morgan fingerprint density at radius 1 is 1.46 bits per heavy atom. The third kappa shape index (κ3) is 4.16. The Morgan fingerprint density at radius 2 is 2.19 bits per heavy atom. The van der Waals surface area contributed by atoms with Crippen LogP contribution in [0.2, 0.25) is 0 Å². The highest BCUT2D eigenvalue weighted by molar-refractivity contribution is 7.80. The van der Waals surface area contributed by atoms with Gasteiger partial charge in [-0.2, -0.15) is 0 Å². The van der Waals surface area contributed by atoms with E-state index in [1.54, 1.807) is 19.2 Å². The molecule has 1 atom stereocenters. The molecule has 1 aromatic carbocycles. The number of benzene rings is 1. The van der Waals surface area contributed by atoms with Crippen LogP contribution in [0, 0.1) is 5.82 Å². The van der Waals surface area contributed by atoms with Gasteiger partial charge in [0, 0.05) is 20.2 Å². The average molecular weight is 382 g/mol. The van der Waals surface area contributed by atoms with E-state index in [1.807, 2.05) is 4.90 Å². The number of cyclic esters (lactones) is 1.